The summed E-state index contributed by atoms with van der Waals surface area (Å²) in [5.41, 5.74) is 1.75. The van der Waals surface area contributed by atoms with Gasteiger partial charge in [0.25, 0.3) is 0 Å². The van der Waals surface area contributed by atoms with Crippen molar-refractivity contribution in [2.24, 2.45) is 0 Å². The highest BCUT2D eigenvalue weighted by atomic mass is 35.5. The van der Waals surface area contributed by atoms with Crippen LogP contribution < -0.4 is 9.64 Å². The topological polar surface area (TPSA) is 54.9 Å². The van der Waals surface area contributed by atoms with Gasteiger partial charge in [-0.2, -0.15) is 0 Å². The van der Waals surface area contributed by atoms with Crippen LogP contribution in [0.5, 0.6) is 11.5 Å². The fourth-order valence-electron chi connectivity index (χ4n) is 3.76. The van der Waals surface area contributed by atoms with Crippen molar-refractivity contribution in [3.63, 3.8) is 0 Å². The maximum absolute atomic E-state index is 12.5. The Balaban J connectivity index is 1.32. The lowest BCUT2D eigenvalue weighted by molar-refractivity contribution is 0.0378. The number of benzene rings is 2. The van der Waals surface area contributed by atoms with Crippen molar-refractivity contribution in [1.82, 2.24) is 9.88 Å². The molecule has 1 fully saturated rings. The molecule has 33 heavy (non-hydrogen) atoms. The molecule has 1 saturated heterocycles. The fraction of sp³-hybridized carbons (Fsp3) is 0.308. The van der Waals surface area contributed by atoms with Crippen molar-refractivity contribution in [2.75, 3.05) is 31.1 Å². The molecule has 172 valence electrons. The molecule has 6 nitrogen and oxygen atoms in total. The summed E-state index contributed by atoms with van der Waals surface area (Å²) >= 11 is 5.92. The summed E-state index contributed by atoms with van der Waals surface area (Å²) in [7, 11) is 0. The van der Waals surface area contributed by atoms with Crippen LogP contribution in [0.3, 0.4) is 0 Å². The first kappa shape index (κ1) is 23.1. The van der Waals surface area contributed by atoms with Crippen molar-refractivity contribution in [3.8, 4) is 11.5 Å². The SMILES string of the molecule is CC(C)OC(=O)c1cccnc1N1CCN(Cc2ccc(Oc3ccc(Cl)cc3)cc2)CC1. The quantitative estimate of drug-likeness (QED) is 0.434. The molecular formula is C26H28ClN3O3. The summed E-state index contributed by atoms with van der Waals surface area (Å²) in [6.45, 7) is 7.94. The molecule has 0 unspecified atom stereocenters. The number of hydrogen-bond acceptors (Lipinski definition) is 6. The van der Waals surface area contributed by atoms with E-state index in [9.17, 15) is 4.79 Å². The molecular weight excluding hydrogens is 438 g/mol. The minimum Gasteiger partial charge on any atom is -0.459 e. The van der Waals surface area contributed by atoms with Crippen molar-refractivity contribution in [1.29, 1.82) is 0 Å². The van der Waals surface area contributed by atoms with Gasteiger partial charge in [0.15, 0.2) is 0 Å². The first-order chi connectivity index (χ1) is 16.0. The number of hydrogen-bond donors (Lipinski definition) is 0. The second-order valence-electron chi connectivity index (χ2n) is 8.29. The summed E-state index contributed by atoms with van der Waals surface area (Å²) in [4.78, 5) is 21.5. The smallest absolute Gasteiger partial charge is 0.342 e. The van der Waals surface area contributed by atoms with Crippen LogP contribution in [-0.4, -0.2) is 48.1 Å². The lowest BCUT2D eigenvalue weighted by Gasteiger charge is -2.36. The molecule has 1 aromatic heterocycles. The van der Waals surface area contributed by atoms with E-state index in [0.29, 0.717) is 16.4 Å². The second-order valence-corrected chi connectivity index (χ2v) is 8.73. The molecule has 0 radical (unpaired) electrons. The van der Waals surface area contributed by atoms with Crippen LogP contribution in [0.2, 0.25) is 5.02 Å². The fourth-order valence-corrected chi connectivity index (χ4v) is 3.89. The number of nitrogens with zero attached hydrogens (tertiary/aromatic N) is 3. The van der Waals surface area contributed by atoms with E-state index >= 15 is 0 Å². The molecule has 0 amide bonds. The third-order valence-electron chi connectivity index (χ3n) is 5.40. The monoisotopic (exact) mass is 465 g/mol. The Morgan fingerprint density at radius 2 is 1.61 bits per heavy atom. The Morgan fingerprint density at radius 3 is 2.24 bits per heavy atom. The van der Waals surface area contributed by atoms with Crippen LogP contribution in [-0.2, 0) is 11.3 Å². The second kappa shape index (κ2) is 10.7. The largest absolute Gasteiger partial charge is 0.459 e. The van der Waals surface area contributed by atoms with E-state index in [-0.39, 0.29) is 12.1 Å². The third-order valence-corrected chi connectivity index (χ3v) is 5.65. The van der Waals surface area contributed by atoms with Gasteiger partial charge in [-0.15, -0.1) is 0 Å². The Labute approximate surface area is 199 Å². The van der Waals surface area contributed by atoms with E-state index in [1.54, 1.807) is 18.3 Å². The molecule has 0 spiro atoms. The maximum atomic E-state index is 12.5. The maximum Gasteiger partial charge on any atom is 0.342 e. The Hall–Kier alpha value is -3.09. The molecule has 3 aromatic rings. The molecule has 0 atom stereocenters. The van der Waals surface area contributed by atoms with Crippen molar-refractivity contribution >= 4 is 23.4 Å². The van der Waals surface area contributed by atoms with Crippen molar-refractivity contribution < 1.29 is 14.3 Å². The zero-order chi connectivity index (χ0) is 23.2. The van der Waals surface area contributed by atoms with E-state index in [4.69, 9.17) is 21.1 Å². The van der Waals surface area contributed by atoms with E-state index in [1.807, 2.05) is 50.2 Å². The van der Waals surface area contributed by atoms with Crippen molar-refractivity contribution in [2.45, 2.75) is 26.5 Å². The number of piperazine rings is 1. The van der Waals surface area contributed by atoms with Crippen LogP contribution in [0.4, 0.5) is 5.82 Å². The van der Waals surface area contributed by atoms with Gasteiger partial charge in [-0.3, -0.25) is 4.90 Å². The zero-order valence-corrected chi connectivity index (χ0v) is 19.7. The van der Waals surface area contributed by atoms with E-state index < -0.39 is 0 Å². The van der Waals surface area contributed by atoms with Gasteiger partial charge >= 0.3 is 5.97 Å². The Morgan fingerprint density at radius 1 is 0.970 bits per heavy atom. The molecule has 0 bridgehead atoms. The predicted octanol–water partition coefficient (Wildman–Crippen LogP) is 5.41. The number of esters is 1. The highest BCUT2D eigenvalue weighted by molar-refractivity contribution is 6.30. The zero-order valence-electron chi connectivity index (χ0n) is 18.9. The molecule has 7 heteroatoms. The van der Waals surface area contributed by atoms with E-state index in [1.165, 1.54) is 5.56 Å². The molecule has 0 N–H and O–H groups in total. The number of halogens is 1. The molecule has 2 aromatic carbocycles. The molecule has 1 aliphatic rings. The van der Waals surface area contributed by atoms with Crippen LogP contribution in [0, 0.1) is 0 Å². The summed E-state index contributed by atoms with van der Waals surface area (Å²) in [5, 5.41) is 0.688. The number of rotatable bonds is 7. The first-order valence-corrected chi connectivity index (χ1v) is 11.5. The molecule has 2 heterocycles. The van der Waals surface area contributed by atoms with Gasteiger partial charge in [0.1, 0.15) is 22.9 Å². The van der Waals surface area contributed by atoms with Gasteiger partial charge in [0.2, 0.25) is 0 Å². The normalized spacial score (nSPS) is 14.4. The standard InChI is InChI=1S/C26H28ClN3O3/c1-19(2)32-26(31)24-4-3-13-28-25(24)30-16-14-29(15-17-30)18-20-5-9-22(10-6-20)33-23-11-7-21(27)8-12-23/h3-13,19H,14-18H2,1-2H3. The molecule has 4 rings (SSSR count). The van der Waals surface area contributed by atoms with Gasteiger partial charge in [-0.1, -0.05) is 23.7 Å². The molecule has 1 aliphatic heterocycles. The Bertz CT molecular complexity index is 1060. The number of carbonyl (C=O) groups excluding carboxylic acids is 1. The lowest BCUT2D eigenvalue weighted by atomic mass is 10.1. The highest BCUT2D eigenvalue weighted by Gasteiger charge is 2.23. The van der Waals surface area contributed by atoms with Crippen LogP contribution in [0.1, 0.15) is 29.8 Å². The summed E-state index contributed by atoms with van der Waals surface area (Å²) in [6, 6.07) is 19.0. The highest BCUT2D eigenvalue weighted by Crippen LogP contribution is 2.24. The Kier molecular flexibility index (Phi) is 7.47. The van der Waals surface area contributed by atoms with E-state index in [0.717, 1.165) is 44.2 Å². The van der Waals surface area contributed by atoms with Gasteiger partial charge in [0, 0.05) is 43.9 Å². The summed E-state index contributed by atoms with van der Waals surface area (Å²) in [6.07, 6.45) is 1.56. The van der Waals surface area contributed by atoms with Crippen LogP contribution in [0.15, 0.2) is 66.9 Å². The predicted molar refractivity (Wildman–Crippen MR) is 130 cm³/mol. The lowest BCUT2D eigenvalue weighted by Crippen LogP contribution is -2.46. The average Bonchev–Trinajstić information content (AvgIpc) is 2.82. The number of pyridine rings is 1. The van der Waals surface area contributed by atoms with Crippen molar-refractivity contribution in [3.05, 3.63) is 83.0 Å². The van der Waals surface area contributed by atoms with Gasteiger partial charge < -0.3 is 14.4 Å². The van der Waals surface area contributed by atoms with Gasteiger partial charge in [-0.05, 0) is 67.9 Å². The molecule has 0 saturated carbocycles. The number of ether oxygens (including phenoxy) is 2. The molecule has 0 aliphatic carbocycles. The summed E-state index contributed by atoms with van der Waals surface area (Å²) in [5.74, 6) is 1.93. The van der Waals surface area contributed by atoms with Gasteiger partial charge in [0.05, 0.1) is 6.10 Å². The third kappa shape index (κ3) is 6.24. The number of aromatic nitrogens is 1. The van der Waals surface area contributed by atoms with Crippen LogP contribution >= 0.6 is 11.6 Å². The van der Waals surface area contributed by atoms with Gasteiger partial charge in [-0.25, -0.2) is 9.78 Å². The first-order valence-electron chi connectivity index (χ1n) is 11.1. The minimum atomic E-state index is -0.323. The van der Waals surface area contributed by atoms with Crippen LogP contribution in [0.25, 0.3) is 0 Å². The summed E-state index contributed by atoms with van der Waals surface area (Å²) < 4.78 is 11.3. The number of anilines is 1. The average molecular weight is 466 g/mol. The number of carbonyl (C=O) groups is 1. The van der Waals surface area contributed by atoms with E-state index in [2.05, 4.69) is 26.9 Å². The minimum absolute atomic E-state index is 0.162.